The standard InChI is InChI=1S/C16H19N3O/c1-2-11-3-5-12(6-4-11)10-19-15-9-13(17)7-8-14(15)16(18)20/h3-9,19H,2,10,17H2,1H3,(H2,18,20). The first-order valence-corrected chi connectivity index (χ1v) is 6.61. The molecular formula is C16H19N3O. The predicted molar refractivity (Wildman–Crippen MR) is 82.5 cm³/mol. The van der Waals surface area contributed by atoms with E-state index in [0.29, 0.717) is 23.5 Å². The summed E-state index contributed by atoms with van der Waals surface area (Å²) in [5.74, 6) is -0.464. The van der Waals surface area contributed by atoms with Crippen molar-refractivity contribution in [2.75, 3.05) is 11.1 Å². The Morgan fingerprint density at radius 1 is 1.10 bits per heavy atom. The molecule has 0 heterocycles. The van der Waals surface area contributed by atoms with E-state index in [9.17, 15) is 4.79 Å². The molecule has 0 saturated carbocycles. The maximum absolute atomic E-state index is 11.4. The molecule has 5 N–H and O–H groups in total. The summed E-state index contributed by atoms with van der Waals surface area (Å²) in [6, 6.07) is 13.4. The van der Waals surface area contributed by atoms with Crippen LogP contribution < -0.4 is 16.8 Å². The van der Waals surface area contributed by atoms with Crippen LogP contribution in [-0.4, -0.2) is 5.91 Å². The minimum atomic E-state index is -0.464. The number of rotatable bonds is 5. The topological polar surface area (TPSA) is 81.1 Å². The molecule has 20 heavy (non-hydrogen) atoms. The highest BCUT2D eigenvalue weighted by Crippen LogP contribution is 2.19. The molecule has 1 amide bonds. The number of carbonyl (C=O) groups is 1. The third kappa shape index (κ3) is 3.29. The fourth-order valence-corrected chi connectivity index (χ4v) is 2.01. The zero-order chi connectivity index (χ0) is 14.5. The van der Waals surface area contributed by atoms with Gasteiger partial charge in [0.1, 0.15) is 0 Å². The number of nitrogens with one attached hydrogen (secondary N) is 1. The Kier molecular flexibility index (Phi) is 4.25. The Balaban J connectivity index is 2.13. The van der Waals surface area contributed by atoms with Crippen LogP contribution in [0.25, 0.3) is 0 Å². The molecule has 0 atom stereocenters. The molecule has 2 aromatic carbocycles. The monoisotopic (exact) mass is 269 g/mol. The highest BCUT2D eigenvalue weighted by Gasteiger charge is 2.08. The fraction of sp³-hybridized carbons (Fsp3) is 0.188. The summed E-state index contributed by atoms with van der Waals surface area (Å²) in [7, 11) is 0. The molecule has 2 aromatic rings. The van der Waals surface area contributed by atoms with Crippen LogP contribution in [0, 0.1) is 0 Å². The van der Waals surface area contributed by atoms with Crippen molar-refractivity contribution >= 4 is 17.3 Å². The second-order valence-corrected chi connectivity index (χ2v) is 4.69. The molecule has 0 aliphatic carbocycles. The minimum Gasteiger partial charge on any atom is -0.399 e. The number of amides is 1. The molecule has 0 aromatic heterocycles. The number of primary amides is 1. The average molecular weight is 269 g/mol. The van der Waals surface area contributed by atoms with Crippen molar-refractivity contribution in [3.63, 3.8) is 0 Å². The lowest BCUT2D eigenvalue weighted by Gasteiger charge is -2.11. The van der Waals surface area contributed by atoms with Gasteiger partial charge in [-0.1, -0.05) is 31.2 Å². The van der Waals surface area contributed by atoms with Gasteiger partial charge in [-0.05, 0) is 35.7 Å². The zero-order valence-corrected chi connectivity index (χ0v) is 11.5. The predicted octanol–water partition coefficient (Wildman–Crippen LogP) is 2.54. The summed E-state index contributed by atoms with van der Waals surface area (Å²) < 4.78 is 0. The number of anilines is 2. The number of nitrogen functional groups attached to an aromatic ring is 1. The van der Waals surface area contributed by atoms with E-state index in [-0.39, 0.29) is 0 Å². The van der Waals surface area contributed by atoms with E-state index < -0.39 is 5.91 Å². The number of benzene rings is 2. The lowest BCUT2D eigenvalue weighted by molar-refractivity contribution is 0.100. The van der Waals surface area contributed by atoms with Crippen LogP contribution in [0.3, 0.4) is 0 Å². The van der Waals surface area contributed by atoms with Crippen molar-refractivity contribution in [3.05, 3.63) is 59.2 Å². The summed E-state index contributed by atoms with van der Waals surface area (Å²) in [6.45, 7) is 2.74. The zero-order valence-electron chi connectivity index (χ0n) is 11.5. The average Bonchev–Trinajstić information content (AvgIpc) is 2.45. The van der Waals surface area contributed by atoms with Crippen molar-refractivity contribution in [2.24, 2.45) is 5.73 Å². The van der Waals surface area contributed by atoms with Gasteiger partial charge < -0.3 is 16.8 Å². The van der Waals surface area contributed by atoms with Gasteiger partial charge in [-0.2, -0.15) is 0 Å². The van der Waals surface area contributed by atoms with Crippen molar-refractivity contribution in [3.8, 4) is 0 Å². The third-order valence-electron chi connectivity index (χ3n) is 3.22. The number of hydrogen-bond acceptors (Lipinski definition) is 3. The number of carbonyl (C=O) groups excluding carboxylic acids is 1. The molecule has 104 valence electrons. The first kappa shape index (κ1) is 13.9. The van der Waals surface area contributed by atoms with Crippen molar-refractivity contribution in [1.29, 1.82) is 0 Å². The molecular weight excluding hydrogens is 250 g/mol. The van der Waals surface area contributed by atoms with E-state index in [2.05, 4.69) is 36.5 Å². The van der Waals surface area contributed by atoms with Crippen LogP contribution in [-0.2, 0) is 13.0 Å². The second-order valence-electron chi connectivity index (χ2n) is 4.69. The molecule has 0 spiro atoms. The van der Waals surface area contributed by atoms with Gasteiger partial charge in [0.2, 0.25) is 0 Å². The van der Waals surface area contributed by atoms with E-state index in [4.69, 9.17) is 11.5 Å². The SMILES string of the molecule is CCc1ccc(CNc2cc(N)ccc2C(N)=O)cc1. The summed E-state index contributed by atoms with van der Waals surface area (Å²) >= 11 is 0. The molecule has 4 nitrogen and oxygen atoms in total. The van der Waals surface area contributed by atoms with Crippen molar-refractivity contribution < 1.29 is 4.79 Å². The Hall–Kier alpha value is -2.49. The van der Waals surface area contributed by atoms with E-state index in [1.807, 2.05) is 0 Å². The van der Waals surface area contributed by atoms with E-state index >= 15 is 0 Å². The summed E-state index contributed by atoms with van der Waals surface area (Å²) in [6.07, 6.45) is 1.02. The largest absolute Gasteiger partial charge is 0.399 e. The second kappa shape index (κ2) is 6.10. The normalized spacial score (nSPS) is 10.2. The molecule has 0 radical (unpaired) electrons. The Morgan fingerprint density at radius 2 is 1.75 bits per heavy atom. The van der Waals surface area contributed by atoms with Crippen LogP contribution in [0.1, 0.15) is 28.4 Å². The van der Waals surface area contributed by atoms with Crippen LogP contribution in [0.5, 0.6) is 0 Å². The number of nitrogens with two attached hydrogens (primary N) is 2. The van der Waals surface area contributed by atoms with Gasteiger partial charge in [-0.3, -0.25) is 4.79 Å². The smallest absolute Gasteiger partial charge is 0.250 e. The van der Waals surface area contributed by atoms with E-state index in [0.717, 1.165) is 12.0 Å². The van der Waals surface area contributed by atoms with Crippen molar-refractivity contribution in [2.45, 2.75) is 19.9 Å². The Labute approximate surface area is 118 Å². The fourth-order valence-electron chi connectivity index (χ4n) is 2.01. The molecule has 0 unspecified atom stereocenters. The molecule has 2 rings (SSSR count). The van der Waals surface area contributed by atoms with Gasteiger partial charge in [0, 0.05) is 17.9 Å². The molecule has 0 saturated heterocycles. The lowest BCUT2D eigenvalue weighted by Crippen LogP contribution is -2.14. The molecule has 0 aliphatic heterocycles. The third-order valence-corrected chi connectivity index (χ3v) is 3.22. The van der Waals surface area contributed by atoms with Gasteiger partial charge in [-0.15, -0.1) is 0 Å². The Bertz CT molecular complexity index is 606. The molecule has 0 fully saturated rings. The highest BCUT2D eigenvalue weighted by molar-refractivity contribution is 5.99. The first-order valence-electron chi connectivity index (χ1n) is 6.61. The number of hydrogen-bond donors (Lipinski definition) is 3. The van der Waals surface area contributed by atoms with Gasteiger partial charge in [0.25, 0.3) is 5.91 Å². The van der Waals surface area contributed by atoms with Crippen LogP contribution in [0.15, 0.2) is 42.5 Å². The molecule has 0 aliphatic rings. The Morgan fingerprint density at radius 3 is 2.35 bits per heavy atom. The van der Waals surface area contributed by atoms with Gasteiger partial charge in [-0.25, -0.2) is 0 Å². The van der Waals surface area contributed by atoms with E-state index in [1.165, 1.54) is 5.56 Å². The van der Waals surface area contributed by atoms with Gasteiger partial charge >= 0.3 is 0 Å². The summed E-state index contributed by atoms with van der Waals surface area (Å²) in [4.78, 5) is 11.4. The summed E-state index contributed by atoms with van der Waals surface area (Å²) in [5.41, 5.74) is 15.2. The van der Waals surface area contributed by atoms with Gasteiger partial charge in [0.15, 0.2) is 0 Å². The van der Waals surface area contributed by atoms with Gasteiger partial charge in [0.05, 0.1) is 5.56 Å². The van der Waals surface area contributed by atoms with E-state index in [1.54, 1.807) is 18.2 Å². The van der Waals surface area contributed by atoms with Crippen LogP contribution >= 0.6 is 0 Å². The molecule has 4 heteroatoms. The number of aryl methyl sites for hydroxylation is 1. The maximum atomic E-state index is 11.4. The first-order chi connectivity index (χ1) is 9.60. The minimum absolute atomic E-state index is 0.448. The van der Waals surface area contributed by atoms with Crippen LogP contribution in [0.2, 0.25) is 0 Å². The summed E-state index contributed by atoms with van der Waals surface area (Å²) in [5, 5.41) is 3.21. The lowest BCUT2D eigenvalue weighted by atomic mass is 10.1. The highest BCUT2D eigenvalue weighted by atomic mass is 16.1. The molecule has 0 bridgehead atoms. The quantitative estimate of drug-likeness (QED) is 0.730. The maximum Gasteiger partial charge on any atom is 0.250 e. The van der Waals surface area contributed by atoms with Crippen LogP contribution in [0.4, 0.5) is 11.4 Å². The van der Waals surface area contributed by atoms with Crippen molar-refractivity contribution in [1.82, 2.24) is 0 Å².